The highest BCUT2D eigenvalue weighted by Gasteiger charge is 2.28. The van der Waals surface area contributed by atoms with Gasteiger partial charge in [-0.05, 0) is 24.2 Å². The lowest BCUT2D eigenvalue weighted by molar-refractivity contribution is -0.138. The van der Waals surface area contributed by atoms with Gasteiger partial charge in [-0.25, -0.2) is 4.79 Å². The Morgan fingerprint density at radius 3 is 2.40 bits per heavy atom. The van der Waals surface area contributed by atoms with Gasteiger partial charge in [0, 0.05) is 25.8 Å². The van der Waals surface area contributed by atoms with Crippen LogP contribution >= 0.6 is 0 Å². The second kappa shape index (κ2) is 7.47. The molecule has 0 bridgehead atoms. The number of aliphatic carboxylic acids is 1. The van der Waals surface area contributed by atoms with E-state index in [1.807, 2.05) is 20.8 Å². The van der Waals surface area contributed by atoms with Gasteiger partial charge in [0.15, 0.2) is 0 Å². The molecule has 3 N–H and O–H groups in total. The third kappa shape index (κ3) is 6.23. The van der Waals surface area contributed by atoms with Gasteiger partial charge in [0.05, 0.1) is 6.42 Å². The van der Waals surface area contributed by atoms with Gasteiger partial charge in [-0.3, -0.25) is 4.79 Å². The van der Waals surface area contributed by atoms with E-state index in [0.29, 0.717) is 12.5 Å². The van der Waals surface area contributed by atoms with Crippen LogP contribution in [0.25, 0.3) is 0 Å². The van der Waals surface area contributed by atoms with Crippen molar-refractivity contribution in [1.29, 1.82) is 0 Å². The number of ether oxygens (including phenoxy) is 1. The summed E-state index contributed by atoms with van der Waals surface area (Å²) in [5, 5.41) is 14.5. The monoisotopic (exact) mass is 286 g/mol. The fraction of sp³-hybridized carbons (Fsp3) is 0.857. The number of carbonyl (C=O) groups excluding carboxylic acids is 1. The number of amides is 2. The molecule has 0 aromatic carbocycles. The second-order valence-corrected chi connectivity index (χ2v) is 6.43. The van der Waals surface area contributed by atoms with E-state index in [2.05, 4.69) is 10.6 Å². The van der Waals surface area contributed by atoms with Crippen LogP contribution in [0.1, 0.15) is 40.0 Å². The van der Waals surface area contributed by atoms with Crippen LogP contribution in [0, 0.1) is 11.3 Å². The number of carboxylic acid groups (broad SMARTS) is 1. The molecule has 1 atom stereocenters. The highest BCUT2D eigenvalue weighted by molar-refractivity contribution is 5.75. The van der Waals surface area contributed by atoms with Crippen LogP contribution in [0.4, 0.5) is 4.79 Å². The molecule has 0 aromatic heterocycles. The largest absolute Gasteiger partial charge is 0.481 e. The van der Waals surface area contributed by atoms with Crippen molar-refractivity contribution >= 4 is 12.0 Å². The third-order valence-electron chi connectivity index (χ3n) is 3.62. The Labute approximate surface area is 120 Å². The van der Waals surface area contributed by atoms with Crippen LogP contribution in [-0.4, -0.2) is 42.9 Å². The molecule has 0 radical (unpaired) electrons. The fourth-order valence-corrected chi connectivity index (χ4v) is 2.15. The Kier molecular flexibility index (Phi) is 6.26. The van der Waals surface area contributed by atoms with E-state index in [-0.39, 0.29) is 17.9 Å². The van der Waals surface area contributed by atoms with E-state index in [1.54, 1.807) is 0 Å². The molecule has 1 rings (SSSR count). The van der Waals surface area contributed by atoms with Gasteiger partial charge in [0.25, 0.3) is 0 Å². The zero-order chi connectivity index (χ0) is 15.2. The molecule has 6 heteroatoms. The molecular weight excluding hydrogens is 260 g/mol. The smallest absolute Gasteiger partial charge is 0.315 e. The summed E-state index contributed by atoms with van der Waals surface area (Å²) >= 11 is 0. The molecule has 1 aliphatic heterocycles. The van der Waals surface area contributed by atoms with Crippen molar-refractivity contribution in [2.24, 2.45) is 11.3 Å². The van der Waals surface area contributed by atoms with E-state index < -0.39 is 12.0 Å². The van der Waals surface area contributed by atoms with E-state index in [4.69, 9.17) is 9.84 Å². The van der Waals surface area contributed by atoms with Crippen LogP contribution in [0.2, 0.25) is 0 Å². The standard InChI is InChI=1S/C14H26N2O4/c1-14(2,3)11(8-12(17)18)16-13(19)15-9-10-4-6-20-7-5-10/h10-11H,4-9H2,1-3H3,(H,17,18)(H2,15,16,19). The average molecular weight is 286 g/mol. The number of urea groups is 1. The number of nitrogens with one attached hydrogen (secondary N) is 2. The highest BCUT2D eigenvalue weighted by Crippen LogP contribution is 2.21. The Morgan fingerprint density at radius 1 is 1.30 bits per heavy atom. The maximum Gasteiger partial charge on any atom is 0.315 e. The van der Waals surface area contributed by atoms with Crippen molar-refractivity contribution in [3.63, 3.8) is 0 Å². The van der Waals surface area contributed by atoms with Gasteiger partial charge in [-0.2, -0.15) is 0 Å². The Morgan fingerprint density at radius 2 is 1.90 bits per heavy atom. The van der Waals surface area contributed by atoms with Gasteiger partial charge >= 0.3 is 12.0 Å². The molecule has 0 aliphatic carbocycles. The first-order valence-corrected chi connectivity index (χ1v) is 7.13. The highest BCUT2D eigenvalue weighted by atomic mass is 16.5. The maximum absolute atomic E-state index is 11.9. The average Bonchev–Trinajstić information content (AvgIpc) is 2.35. The molecule has 0 aromatic rings. The minimum atomic E-state index is -0.908. The summed E-state index contributed by atoms with van der Waals surface area (Å²) in [6, 6.07) is -0.688. The molecule has 2 amide bonds. The molecule has 20 heavy (non-hydrogen) atoms. The van der Waals surface area contributed by atoms with Gasteiger partial charge in [-0.1, -0.05) is 20.8 Å². The normalized spacial score (nSPS) is 18.4. The summed E-state index contributed by atoms with van der Waals surface area (Å²) in [5.74, 6) is -0.461. The molecule has 0 spiro atoms. The number of rotatable bonds is 5. The Hall–Kier alpha value is -1.30. The van der Waals surface area contributed by atoms with Crippen molar-refractivity contribution in [3.8, 4) is 0 Å². The first-order valence-electron chi connectivity index (χ1n) is 7.13. The van der Waals surface area contributed by atoms with Crippen LogP contribution in [0.5, 0.6) is 0 Å². The summed E-state index contributed by atoms with van der Waals surface area (Å²) in [4.78, 5) is 22.7. The number of carbonyl (C=O) groups is 2. The Balaban J connectivity index is 2.39. The van der Waals surface area contributed by atoms with E-state index in [0.717, 1.165) is 26.1 Å². The zero-order valence-corrected chi connectivity index (χ0v) is 12.6. The van der Waals surface area contributed by atoms with Crippen LogP contribution in [0.15, 0.2) is 0 Å². The van der Waals surface area contributed by atoms with Crippen LogP contribution in [-0.2, 0) is 9.53 Å². The molecule has 1 heterocycles. The van der Waals surface area contributed by atoms with Crippen LogP contribution in [0.3, 0.4) is 0 Å². The molecule has 0 saturated carbocycles. The summed E-state index contributed by atoms with van der Waals surface area (Å²) in [7, 11) is 0. The lowest BCUT2D eigenvalue weighted by Gasteiger charge is -2.30. The fourth-order valence-electron chi connectivity index (χ4n) is 2.15. The second-order valence-electron chi connectivity index (χ2n) is 6.43. The number of carboxylic acids is 1. The summed E-state index contributed by atoms with van der Waals surface area (Å²) < 4.78 is 5.27. The number of hydrogen-bond donors (Lipinski definition) is 3. The quantitative estimate of drug-likeness (QED) is 0.716. The van der Waals surface area contributed by atoms with Gasteiger partial charge < -0.3 is 20.5 Å². The molecule has 1 saturated heterocycles. The lowest BCUT2D eigenvalue weighted by Crippen LogP contribution is -2.49. The molecule has 6 nitrogen and oxygen atoms in total. The molecule has 116 valence electrons. The SMILES string of the molecule is CC(C)(C)C(CC(=O)O)NC(=O)NCC1CCOCC1. The topological polar surface area (TPSA) is 87.7 Å². The van der Waals surface area contributed by atoms with Crippen molar-refractivity contribution in [2.45, 2.75) is 46.1 Å². The van der Waals surface area contributed by atoms with Gasteiger partial charge in [0.1, 0.15) is 0 Å². The van der Waals surface area contributed by atoms with Crippen LogP contribution < -0.4 is 10.6 Å². The lowest BCUT2D eigenvalue weighted by atomic mass is 9.85. The van der Waals surface area contributed by atoms with Crippen molar-refractivity contribution < 1.29 is 19.4 Å². The molecule has 1 aliphatic rings. The van der Waals surface area contributed by atoms with E-state index >= 15 is 0 Å². The summed E-state index contributed by atoms with van der Waals surface area (Å²) in [5.41, 5.74) is -0.297. The van der Waals surface area contributed by atoms with E-state index in [9.17, 15) is 9.59 Å². The summed E-state index contributed by atoms with van der Waals surface area (Å²) in [6.07, 6.45) is 1.84. The maximum atomic E-state index is 11.9. The zero-order valence-electron chi connectivity index (χ0n) is 12.6. The summed E-state index contributed by atoms with van der Waals surface area (Å²) in [6.45, 7) is 7.85. The third-order valence-corrected chi connectivity index (χ3v) is 3.62. The molecule has 1 unspecified atom stereocenters. The minimum absolute atomic E-state index is 0.0752. The van der Waals surface area contributed by atoms with Gasteiger partial charge in [-0.15, -0.1) is 0 Å². The molecule has 1 fully saturated rings. The van der Waals surface area contributed by atoms with E-state index in [1.165, 1.54) is 0 Å². The number of hydrogen-bond acceptors (Lipinski definition) is 3. The minimum Gasteiger partial charge on any atom is -0.481 e. The van der Waals surface area contributed by atoms with Crippen molar-refractivity contribution in [2.75, 3.05) is 19.8 Å². The first-order chi connectivity index (χ1) is 9.29. The predicted molar refractivity (Wildman–Crippen MR) is 75.6 cm³/mol. The van der Waals surface area contributed by atoms with Gasteiger partial charge in [0.2, 0.25) is 0 Å². The predicted octanol–water partition coefficient (Wildman–Crippen LogP) is 1.60. The Bertz CT molecular complexity index is 333. The van der Waals surface area contributed by atoms with Crippen molar-refractivity contribution in [1.82, 2.24) is 10.6 Å². The van der Waals surface area contributed by atoms with Crippen molar-refractivity contribution in [3.05, 3.63) is 0 Å². The molecular formula is C14H26N2O4. The first kappa shape index (κ1) is 16.8.